The summed E-state index contributed by atoms with van der Waals surface area (Å²) in [6, 6.07) is 0. The van der Waals surface area contributed by atoms with Crippen LogP contribution >= 0.6 is 0 Å². The van der Waals surface area contributed by atoms with Gasteiger partial charge in [0, 0.05) is 13.1 Å². The van der Waals surface area contributed by atoms with Crippen LogP contribution in [0.3, 0.4) is 0 Å². The van der Waals surface area contributed by atoms with Crippen molar-refractivity contribution < 1.29 is 38.1 Å². The molecule has 0 aromatic carbocycles. The van der Waals surface area contributed by atoms with Crippen LogP contribution in [0.25, 0.3) is 0 Å². The highest BCUT2D eigenvalue weighted by molar-refractivity contribution is 5.72. The minimum Gasteiger partial charge on any atom is -0.466 e. The van der Waals surface area contributed by atoms with E-state index in [1.54, 1.807) is 0 Å². The van der Waals surface area contributed by atoms with Crippen molar-refractivity contribution in [1.82, 2.24) is 10.6 Å². The Morgan fingerprint density at radius 3 is 1.50 bits per heavy atom. The Morgan fingerprint density at radius 2 is 1.15 bits per heavy atom. The van der Waals surface area contributed by atoms with E-state index in [9.17, 15) is 19.2 Å². The summed E-state index contributed by atoms with van der Waals surface area (Å²) in [4.78, 5) is 44.5. The zero-order chi connectivity index (χ0) is 19.8. The smallest absolute Gasteiger partial charge is 0.406 e. The third-order valence-corrected chi connectivity index (χ3v) is 3.32. The van der Waals surface area contributed by atoms with Gasteiger partial charge in [-0.2, -0.15) is 0 Å². The molecule has 0 aliphatic carbocycles. The van der Waals surface area contributed by atoms with Crippen molar-refractivity contribution in [2.24, 2.45) is 5.92 Å². The second-order valence-electron chi connectivity index (χ2n) is 5.46. The summed E-state index contributed by atoms with van der Waals surface area (Å²) in [5, 5.41) is 4.77. The van der Waals surface area contributed by atoms with Crippen LogP contribution in [-0.2, 0) is 28.5 Å². The number of carbonyl (C=O) groups is 4. The molecule has 0 unspecified atom stereocenters. The van der Waals surface area contributed by atoms with E-state index in [0.717, 1.165) is 0 Å². The number of rotatable bonds is 12. The van der Waals surface area contributed by atoms with Gasteiger partial charge in [0.1, 0.15) is 0 Å². The normalized spacial score (nSPS) is 10.0. The second-order valence-corrected chi connectivity index (χ2v) is 5.46. The van der Waals surface area contributed by atoms with Crippen LogP contribution in [0.4, 0.5) is 9.59 Å². The quantitative estimate of drug-likeness (QED) is 0.381. The highest BCUT2D eigenvalue weighted by Crippen LogP contribution is 2.08. The molecule has 0 aromatic heterocycles. The first-order chi connectivity index (χ1) is 12.4. The Kier molecular flexibility index (Phi) is 13.4. The van der Waals surface area contributed by atoms with Gasteiger partial charge >= 0.3 is 24.1 Å². The molecule has 0 saturated carbocycles. The molecule has 0 spiro atoms. The van der Waals surface area contributed by atoms with Crippen molar-refractivity contribution in [2.75, 3.05) is 40.5 Å². The van der Waals surface area contributed by atoms with Crippen molar-refractivity contribution in [2.45, 2.75) is 32.6 Å². The number of nitrogens with one attached hydrogen (secondary N) is 2. The van der Waals surface area contributed by atoms with E-state index in [4.69, 9.17) is 9.47 Å². The molecule has 0 fully saturated rings. The van der Waals surface area contributed by atoms with Gasteiger partial charge in [-0.15, -0.1) is 0 Å². The summed E-state index contributed by atoms with van der Waals surface area (Å²) in [5.74, 6) is -0.603. The predicted molar refractivity (Wildman–Crippen MR) is 90.4 cm³/mol. The van der Waals surface area contributed by atoms with Crippen molar-refractivity contribution in [3.63, 3.8) is 0 Å². The van der Waals surface area contributed by atoms with E-state index >= 15 is 0 Å². The SMILES string of the molecule is COC(=O)NCCC(=O)OCCC(C)CCOC(=O)CCNC(=O)OC. The van der Waals surface area contributed by atoms with Gasteiger partial charge in [-0.1, -0.05) is 6.92 Å². The maximum atomic E-state index is 11.4. The lowest BCUT2D eigenvalue weighted by Crippen LogP contribution is -2.26. The first kappa shape index (κ1) is 23.5. The van der Waals surface area contributed by atoms with Crippen LogP contribution in [0.1, 0.15) is 32.6 Å². The molecule has 150 valence electrons. The van der Waals surface area contributed by atoms with Crippen LogP contribution < -0.4 is 10.6 Å². The summed E-state index contributed by atoms with van der Waals surface area (Å²) in [7, 11) is 2.48. The standard InChI is InChI=1S/C16H28N2O8/c1-12(6-10-25-13(19)4-8-17-15(21)23-2)7-11-26-14(20)5-9-18-16(22)24-3/h12H,4-11H2,1-3H3,(H,17,21)(H,18,22). The fourth-order valence-electron chi connectivity index (χ4n) is 1.71. The Bertz CT molecular complexity index is 416. The lowest BCUT2D eigenvalue weighted by Gasteiger charge is -2.12. The zero-order valence-electron chi connectivity index (χ0n) is 15.5. The molecule has 0 radical (unpaired) electrons. The highest BCUT2D eigenvalue weighted by atomic mass is 16.5. The fraction of sp³-hybridized carbons (Fsp3) is 0.750. The second kappa shape index (κ2) is 14.8. The van der Waals surface area contributed by atoms with Gasteiger partial charge < -0.3 is 29.6 Å². The molecule has 0 aliphatic rings. The molecule has 0 heterocycles. The highest BCUT2D eigenvalue weighted by Gasteiger charge is 2.09. The van der Waals surface area contributed by atoms with E-state index in [2.05, 4.69) is 20.1 Å². The summed E-state index contributed by atoms with van der Waals surface area (Å²) in [6.45, 7) is 2.79. The molecule has 2 amide bonds. The third-order valence-electron chi connectivity index (χ3n) is 3.32. The first-order valence-electron chi connectivity index (χ1n) is 8.33. The lowest BCUT2D eigenvalue weighted by molar-refractivity contribution is -0.143. The molecule has 26 heavy (non-hydrogen) atoms. The number of ether oxygens (including phenoxy) is 4. The van der Waals surface area contributed by atoms with Crippen molar-refractivity contribution in [3.05, 3.63) is 0 Å². The number of methoxy groups -OCH3 is 2. The largest absolute Gasteiger partial charge is 0.466 e. The molecule has 0 atom stereocenters. The molecule has 0 aromatic rings. The Morgan fingerprint density at radius 1 is 0.769 bits per heavy atom. The van der Waals surface area contributed by atoms with Crippen molar-refractivity contribution in [3.8, 4) is 0 Å². The van der Waals surface area contributed by atoms with Gasteiger partial charge in [0.25, 0.3) is 0 Å². The number of hydrogen-bond acceptors (Lipinski definition) is 8. The van der Waals surface area contributed by atoms with Gasteiger partial charge in [0.05, 0.1) is 40.3 Å². The van der Waals surface area contributed by atoms with Crippen LogP contribution in [0.5, 0.6) is 0 Å². The van der Waals surface area contributed by atoms with Crippen LogP contribution in [0.2, 0.25) is 0 Å². The van der Waals surface area contributed by atoms with Gasteiger partial charge in [-0.25, -0.2) is 9.59 Å². The number of amides is 2. The van der Waals surface area contributed by atoms with Gasteiger partial charge in [-0.3, -0.25) is 9.59 Å². The Labute approximate surface area is 152 Å². The Balaban J connectivity index is 3.60. The van der Waals surface area contributed by atoms with Crippen molar-refractivity contribution >= 4 is 24.1 Å². The summed E-state index contributed by atoms with van der Waals surface area (Å²) < 4.78 is 18.9. The molecule has 10 nitrogen and oxygen atoms in total. The molecule has 0 bridgehead atoms. The van der Waals surface area contributed by atoms with Gasteiger partial charge in [0.2, 0.25) is 0 Å². The molecular weight excluding hydrogens is 348 g/mol. The molecule has 0 aliphatic heterocycles. The fourth-order valence-corrected chi connectivity index (χ4v) is 1.71. The van der Waals surface area contributed by atoms with E-state index in [1.165, 1.54) is 14.2 Å². The zero-order valence-corrected chi connectivity index (χ0v) is 15.5. The van der Waals surface area contributed by atoms with Crippen LogP contribution in [-0.4, -0.2) is 64.6 Å². The molecule has 0 rings (SSSR count). The summed E-state index contributed by atoms with van der Waals surface area (Å²) in [5.41, 5.74) is 0. The lowest BCUT2D eigenvalue weighted by atomic mass is 10.1. The summed E-state index contributed by atoms with van der Waals surface area (Å²) >= 11 is 0. The topological polar surface area (TPSA) is 129 Å². The van der Waals surface area contributed by atoms with E-state index in [-0.39, 0.29) is 45.1 Å². The van der Waals surface area contributed by atoms with E-state index in [0.29, 0.717) is 12.8 Å². The number of esters is 2. The van der Waals surface area contributed by atoms with E-state index < -0.39 is 24.1 Å². The van der Waals surface area contributed by atoms with Gasteiger partial charge in [-0.05, 0) is 18.8 Å². The summed E-state index contributed by atoms with van der Waals surface area (Å²) in [6.07, 6.45) is 0.223. The molecule has 10 heteroatoms. The van der Waals surface area contributed by atoms with Crippen LogP contribution in [0, 0.1) is 5.92 Å². The minimum absolute atomic E-state index is 0.0701. The van der Waals surface area contributed by atoms with E-state index in [1.807, 2.05) is 6.92 Å². The van der Waals surface area contributed by atoms with Crippen molar-refractivity contribution in [1.29, 1.82) is 0 Å². The average Bonchev–Trinajstić information content (AvgIpc) is 2.61. The number of hydrogen-bond donors (Lipinski definition) is 2. The average molecular weight is 376 g/mol. The number of alkyl carbamates (subject to hydrolysis) is 2. The molecular formula is C16H28N2O8. The van der Waals surface area contributed by atoms with Gasteiger partial charge in [0.15, 0.2) is 0 Å². The molecule has 0 saturated heterocycles. The third kappa shape index (κ3) is 13.9. The minimum atomic E-state index is -0.595. The molecule has 2 N–H and O–H groups in total. The maximum Gasteiger partial charge on any atom is 0.406 e. The first-order valence-corrected chi connectivity index (χ1v) is 8.33. The predicted octanol–water partition coefficient (Wildman–Crippen LogP) is 0.981. The number of carbonyl (C=O) groups excluding carboxylic acids is 4. The van der Waals surface area contributed by atoms with Crippen LogP contribution in [0.15, 0.2) is 0 Å². The maximum absolute atomic E-state index is 11.4. The Hall–Kier alpha value is -2.52. The monoisotopic (exact) mass is 376 g/mol.